The first kappa shape index (κ1) is 24.1. The summed E-state index contributed by atoms with van der Waals surface area (Å²) in [5.41, 5.74) is 2.75. The number of hydrogen-bond acceptors (Lipinski definition) is 6. The van der Waals surface area contributed by atoms with Gasteiger partial charge in [0.2, 0.25) is 0 Å². The van der Waals surface area contributed by atoms with Gasteiger partial charge in [-0.15, -0.1) is 5.10 Å². The highest BCUT2D eigenvalue weighted by Gasteiger charge is 2.32. The number of nitrogens with one attached hydrogen (secondary N) is 1. The zero-order chi connectivity index (χ0) is 24.2. The van der Waals surface area contributed by atoms with Crippen LogP contribution < -0.4 is 5.56 Å². The Balaban J connectivity index is 1.50. The highest BCUT2D eigenvalue weighted by atomic mass is 16.5. The zero-order valence-electron chi connectivity index (χ0n) is 21.1. The molecule has 1 N–H and O–H groups in total. The lowest BCUT2D eigenvalue weighted by Gasteiger charge is -2.33. The average Bonchev–Trinajstić information content (AvgIpc) is 3.56. The molecule has 2 aliphatic rings. The summed E-state index contributed by atoms with van der Waals surface area (Å²) in [6, 6.07) is 8.60. The van der Waals surface area contributed by atoms with Crippen molar-refractivity contribution < 1.29 is 4.74 Å². The molecule has 1 aromatic carbocycles. The van der Waals surface area contributed by atoms with Crippen LogP contribution in [0, 0.1) is 6.92 Å². The fraction of sp³-hybridized carbons (Fsp3) is 0.630. The second-order valence-corrected chi connectivity index (χ2v) is 10.3. The minimum atomic E-state index is -0.0220. The van der Waals surface area contributed by atoms with Crippen molar-refractivity contribution in [1.29, 1.82) is 0 Å². The summed E-state index contributed by atoms with van der Waals surface area (Å²) >= 11 is 0. The van der Waals surface area contributed by atoms with Crippen LogP contribution >= 0.6 is 0 Å². The summed E-state index contributed by atoms with van der Waals surface area (Å²) in [7, 11) is 0. The van der Waals surface area contributed by atoms with Crippen molar-refractivity contribution in [1.82, 2.24) is 30.1 Å². The number of rotatable bonds is 9. The van der Waals surface area contributed by atoms with Crippen LogP contribution in [0.5, 0.6) is 0 Å². The lowest BCUT2D eigenvalue weighted by atomic mass is 9.95. The molecule has 188 valence electrons. The van der Waals surface area contributed by atoms with Crippen LogP contribution in [0.1, 0.15) is 93.7 Å². The Kier molecular flexibility index (Phi) is 7.58. The van der Waals surface area contributed by atoms with Crippen LogP contribution in [0.15, 0.2) is 29.1 Å². The number of H-pyrrole nitrogens is 1. The van der Waals surface area contributed by atoms with Crippen molar-refractivity contribution >= 4 is 10.9 Å². The first-order valence-corrected chi connectivity index (χ1v) is 13.4. The van der Waals surface area contributed by atoms with Crippen LogP contribution in [0.4, 0.5) is 0 Å². The second kappa shape index (κ2) is 11.0. The van der Waals surface area contributed by atoms with Crippen molar-refractivity contribution in [3.05, 3.63) is 51.6 Å². The Labute approximate surface area is 207 Å². The number of nitrogens with zero attached hydrogens (tertiary/aromatic N) is 5. The number of aromatic nitrogens is 5. The summed E-state index contributed by atoms with van der Waals surface area (Å²) in [4.78, 5) is 18.7. The van der Waals surface area contributed by atoms with Gasteiger partial charge in [0.1, 0.15) is 0 Å². The van der Waals surface area contributed by atoms with E-state index in [2.05, 4.69) is 49.1 Å². The van der Waals surface area contributed by atoms with Crippen LogP contribution in [-0.4, -0.2) is 49.3 Å². The summed E-state index contributed by atoms with van der Waals surface area (Å²) in [6.07, 6.45) is 10.3. The maximum Gasteiger partial charge on any atom is 0.252 e. The van der Waals surface area contributed by atoms with Gasteiger partial charge in [-0.1, -0.05) is 50.8 Å². The smallest absolute Gasteiger partial charge is 0.252 e. The standard InChI is InChI=1S/C27H38N6O2/c1-3-9-24(26-29-30-31-33(26)22-12-5-4-6-13-22)32(18-23-14-8-15-35-23)17-21-16-20-11-7-10-19(2)25(20)28-27(21)34/h7,10-11,16,22-24H,3-6,8-9,12-15,17-18H2,1-2H3,(H,28,34). The molecule has 2 unspecified atom stereocenters. The summed E-state index contributed by atoms with van der Waals surface area (Å²) < 4.78 is 8.14. The molecule has 1 saturated heterocycles. The maximum absolute atomic E-state index is 13.2. The maximum atomic E-state index is 13.2. The molecule has 3 heterocycles. The van der Waals surface area contributed by atoms with Gasteiger partial charge < -0.3 is 9.72 Å². The molecule has 2 aromatic heterocycles. The molecule has 1 saturated carbocycles. The molecule has 2 fully saturated rings. The SMILES string of the molecule is CCCC(c1nnnn1C1CCCCC1)N(Cc1cc2cccc(C)c2[nH]c1=O)CC1CCCO1. The molecule has 8 heteroatoms. The largest absolute Gasteiger partial charge is 0.377 e. The molecule has 8 nitrogen and oxygen atoms in total. The van der Waals surface area contributed by atoms with Gasteiger partial charge in [0.15, 0.2) is 5.82 Å². The van der Waals surface area contributed by atoms with E-state index in [1.165, 1.54) is 19.3 Å². The minimum Gasteiger partial charge on any atom is -0.377 e. The van der Waals surface area contributed by atoms with Crippen LogP contribution in [0.2, 0.25) is 0 Å². The van der Waals surface area contributed by atoms with Crippen molar-refractivity contribution in [3.63, 3.8) is 0 Å². The predicted octanol–water partition coefficient (Wildman–Crippen LogP) is 4.85. The van der Waals surface area contributed by atoms with E-state index in [1.807, 2.05) is 19.1 Å². The quantitative estimate of drug-likeness (QED) is 0.473. The molecule has 1 aliphatic heterocycles. The number of benzene rings is 1. The molecule has 0 amide bonds. The molecular formula is C27H38N6O2. The number of tetrazole rings is 1. The van der Waals surface area contributed by atoms with Gasteiger partial charge in [0.05, 0.1) is 23.7 Å². The van der Waals surface area contributed by atoms with Gasteiger partial charge in [-0.2, -0.15) is 0 Å². The fourth-order valence-electron chi connectivity index (χ4n) is 5.87. The van der Waals surface area contributed by atoms with Gasteiger partial charge >= 0.3 is 0 Å². The van der Waals surface area contributed by atoms with E-state index in [9.17, 15) is 4.79 Å². The van der Waals surface area contributed by atoms with Gasteiger partial charge in [-0.05, 0) is 66.5 Å². The third-order valence-corrected chi connectivity index (χ3v) is 7.74. The van der Waals surface area contributed by atoms with Gasteiger partial charge in [-0.3, -0.25) is 9.69 Å². The third kappa shape index (κ3) is 5.33. The number of para-hydroxylation sites is 1. The number of aromatic amines is 1. The highest BCUT2D eigenvalue weighted by molar-refractivity contribution is 5.81. The van der Waals surface area contributed by atoms with Gasteiger partial charge in [-0.25, -0.2) is 4.68 Å². The van der Waals surface area contributed by atoms with E-state index in [-0.39, 0.29) is 17.7 Å². The summed E-state index contributed by atoms with van der Waals surface area (Å²) in [5.74, 6) is 0.935. The number of ether oxygens (including phenoxy) is 1. The fourth-order valence-corrected chi connectivity index (χ4v) is 5.87. The van der Waals surface area contributed by atoms with E-state index < -0.39 is 0 Å². The summed E-state index contributed by atoms with van der Waals surface area (Å²) in [6.45, 7) is 6.36. The lowest BCUT2D eigenvalue weighted by molar-refractivity contribution is 0.0468. The Morgan fingerprint density at radius 1 is 1.20 bits per heavy atom. The second-order valence-electron chi connectivity index (χ2n) is 10.3. The zero-order valence-corrected chi connectivity index (χ0v) is 21.1. The monoisotopic (exact) mass is 478 g/mol. The van der Waals surface area contributed by atoms with E-state index in [4.69, 9.17) is 4.74 Å². The normalized spacial score (nSPS) is 20.1. The van der Waals surface area contributed by atoms with Gasteiger partial charge in [0.25, 0.3) is 5.56 Å². The average molecular weight is 479 g/mol. The van der Waals surface area contributed by atoms with Crippen LogP contribution in [0.3, 0.4) is 0 Å². The van der Waals surface area contributed by atoms with E-state index in [0.29, 0.717) is 12.6 Å². The number of pyridine rings is 1. The molecular weight excluding hydrogens is 440 g/mol. The van der Waals surface area contributed by atoms with Gasteiger partial charge in [0, 0.05) is 25.3 Å². The first-order valence-electron chi connectivity index (χ1n) is 13.4. The molecule has 0 bridgehead atoms. The van der Waals surface area contributed by atoms with E-state index >= 15 is 0 Å². The molecule has 0 spiro atoms. The Bertz CT molecular complexity index is 1180. The van der Waals surface area contributed by atoms with Crippen molar-refractivity contribution in [2.75, 3.05) is 13.2 Å². The summed E-state index contributed by atoms with van der Waals surface area (Å²) in [5, 5.41) is 14.2. The first-order chi connectivity index (χ1) is 17.1. The Hall–Kier alpha value is -2.58. The Morgan fingerprint density at radius 2 is 2.06 bits per heavy atom. The topological polar surface area (TPSA) is 88.9 Å². The number of fused-ring (bicyclic) bond motifs is 1. The van der Waals surface area contributed by atoms with Crippen molar-refractivity contribution in [3.8, 4) is 0 Å². The molecule has 0 radical (unpaired) electrons. The highest BCUT2D eigenvalue weighted by Crippen LogP contribution is 2.33. The molecule has 1 aliphatic carbocycles. The lowest BCUT2D eigenvalue weighted by Crippen LogP contribution is -2.38. The predicted molar refractivity (Wildman–Crippen MR) is 136 cm³/mol. The van der Waals surface area contributed by atoms with Crippen molar-refractivity contribution in [2.45, 2.75) is 96.4 Å². The van der Waals surface area contributed by atoms with Crippen LogP contribution in [-0.2, 0) is 11.3 Å². The molecule has 5 rings (SSSR count). The van der Waals surface area contributed by atoms with E-state index in [0.717, 1.165) is 79.5 Å². The number of hydrogen-bond donors (Lipinski definition) is 1. The molecule has 2 atom stereocenters. The molecule has 35 heavy (non-hydrogen) atoms. The Morgan fingerprint density at radius 3 is 2.83 bits per heavy atom. The third-order valence-electron chi connectivity index (χ3n) is 7.74. The van der Waals surface area contributed by atoms with Crippen LogP contribution in [0.25, 0.3) is 10.9 Å². The number of aryl methyl sites for hydroxylation is 1. The molecule has 3 aromatic rings. The minimum absolute atomic E-state index is 0.0220. The van der Waals surface area contributed by atoms with Crippen molar-refractivity contribution in [2.24, 2.45) is 0 Å². The van der Waals surface area contributed by atoms with E-state index in [1.54, 1.807) is 0 Å².